The Labute approximate surface area is 247 Å². The number of ether oxygens (including phenoxy) is 2. The summed E-state index contributed by atoms with van der Waals surface area (Å²) in [5.74, 6) is 0.634. The summed E-state index contributed by atoms with van der Waals surface area (Å²) in [5.41, 5.74) is 0.367. The Hall–Kier alpha value is -4.61. The van der Waals surface area contributed by atoms with E-state index in [1.807, 2.05) is 0 Å². The lowest BCUT2D eigenvalue weighted by atomic mass is 10.2. The van der Waals surface area contributed by atoms with E-state index in [9.17, 15) is 14.4 Å². The molecule has 1 atom stereocenters. The lowest BCUT2D eigenvalue weighted by molar-refractivity contribution is 0.0505. The fourth-order valence-electron chi connectivity index (χ4n) is 4.15. The van der Waals surface area contributed by atoms with Gasteiger partial charge in [-0.25, -0.2) is 14.6 Å². The third-order valence-electron chi connectivity index (χ3n) is 5.84. The van der Waals surface area contributed by atoms with Gasteiger partial charge in [-0.3, -0.25) is 9.36 Å². The van der Waals surface area contributed by atoms with Crippen LogP contribution in [0.2, 0.25) is 5.02 Å². The molecule has 12 heteroatoms. The van der Waals surface area contributed by atoms with E-state index < -0.39 is 29.3 Å². The van der Waals surface area contributed by atoms with E-state index >= 15 is 0 Å². The van der Waals surface area contributed by atoms with Crippen molar-refractivity contribution in [2.75, 3.05) is 23.8 Å². The van der Waals surface area contributed by atoms with Gasteiger partial charge in [0.25, 0.3) is 5.56 Å². The van der Waals surface area contributed by atoms with Crippen LogP contribution in [0.1, 0.15) is 39.6 Å². The molecule has 0 saturated heterocycles. The fourth-order valence-corrected chi connectivity index (χ4v) is 4.40. The molecule has 0 spiro atoms. The Morgan fingerprint density at radius 3 is 2.52 bits per heavy atom. The highest BCUT2D eigenvalue weighted by atomic mass is 35.5. The molecule has 3 amide bonds. The van der Waals surface area contributed by atoms with E-state index in [0.717, 1.165) is 0 Å². The molecule has 0 unspecified atom stereocenters. The van der Waals surface area contributed by atoms with E-state index in [-0.39, 0.29) is 29.4 Å². The molecule has 1 heterocycles. The summed E-state index contributed by atoms with van der Waals surface area (Å²) >= 11 is 6.40. The van der Waals surface area contributed by atoms with Crippen molar-refractivity contribution in [3.05, 3.63) is 87.9 Å². The molecule has 0 radical (unpaired) electrons. The van der Waals surface area contributed by atoms with Crippen molar-refractivity contribution in [2.24, 2.45) is 0 Å². The predicted molar refractivity (Wildman–Crippen MR) is 162 cm³/mol. The molecule has 0 bridgehead atoms. The second-order valence-electron chi connectivity index (χ2n) is 10.3. The van der Waals surface area contributed by atoms with Gasteiger partial charge in [0.05, 0.1) is 39.9 Å². The average Bonchev–Trinajstić information content (AvgIpc) is 2.91. The standard InChI is InChI=1S/C30H32ClN5O6/c1-18(32-29(40)42-30(2,3)4)26-34-23-13-8-11-21(31)25(23)27(38)36(26)20-10-7-9-19(17-20)33-28(39)35-22-12-5-6-14-24(22)41-16-15-37/h5-14,17-18,37H,15-16H2,1-4H3,(H,32,40)(H2,33,35,39)/t18-/m0/s1. The van der Waals surface area contributed by atoms with Gasteiger partial charge in [-0.1, -0.05) is 35.9 Å². The van der Waals surface area contributed by atoms with Gasteiger partial charge in [0, 0.05) is 5.69 Å². The lowest BCUT2D eigenvalue weighted by Crippen LogP contribution is -2.37. The van der Waals surface area contributed by atoms with Crippen molar-refractivity contribution in [1.29, 1.82) is 0 Å². The number of hydrogen-bond acceptors (Lipinski definition) is 7. The number of urea groups is 1. The van der Waals surface area contributed by atoms with Crippen LogP contribution >= 0.6 is 11.6 Å². The van der Waals surface area contributed by atoms with E-state index in [1.165, 1.54) is 4.57 Å². The van der Waals surface area contributed by atoms with Gasteiger partial charge in [-0.2, -0.15) is 0 Å². The topological polar surface area (TPSA) is 144 Å². The number of nitrogens with zero attached hydrogens (tertiary/aromatic N) is 2. The van der Waals surface area contributed by atoms with Gasteiger partial charge in [-0.05, 0) is 70.2 Å². The minimum Gasteiger partial charge on any atom is -0.489 e. The molecule has 4 N–H and O–H groups in total. The Kier molecular flexibility index (Phi) is 9.34. The molecule has 220 valence electrons. The Morgan fingerprint density at radius 2 is 1.79 bits per heavy atom. The van der Waals surface area contributed by atoms with Crippen molar-refractivity contribution in [1.82, 2.24) is 14.9 Å². The van der Waals surface area contributed by atoms with Crippen molar-refractivity contribution in [3.63, 3.8) is 0 Å². The smallest absolute Gasteiger partial charge is 0.408 e. The highest BCUT2D eigenvalue weighted by Gasteiger charge is 2.23. The molecule has 3 aromatic carbocycles. The molecule has 0 aliphatic carbocycles. The zero-order chi connectivity index (χ0) is 30.4. The number of halogens is 1. The van der Waals surface area contributed by atoms with Gasteiger partial charge >= 0.3 is 12.1 Å². The van der Waals surface area contributed by atoms with Crippen LogP contribution in [-0.4, -0.2) is 45.6 Å². The van der Waals surface area contributed by atoms with Crippen molar-refractivity contribution < 1.29 is 24.2 Å². The summed E-state index contributed by atoms with van der Waals surface area (Å²) in [6, 6.07) is 17.1. The van der Waals surface area contributed by atoms with Crippen LogP contribution in [0.25, 0.3) is 16.6 Å². The fraction of sp³-hybridized carbons (Fsp3) is 0.267. The molecule has 11 nitrogen and oxygen atoms in total. The first-order chi connectivity index (χ1) is 20.0. The molecule has 0 aliphatic rings. The van der Waals surface area contributed by atoms with E-state index in [4.69, 9.17) is 26.2 Å². The van der Waals surface area contributed by atoms with E-state index in [0.29, 0.717) is 28.3 Å². The maximum absolute atomic E-state index is 13.9. The predicted octanol–water partition coefficient (Wildman–Crippen LogP) is 5.64. The summed E-state index contributed by atoms with van der Waals surface area (Å²) in [7, 11) is 0. The minimum absolute atomic E-state index is 0.0739. The summed E-state index contributed by atoms with van der Waals surface area (Å²) in [4.78, 5) is 44.0. The van der Waals surface area contributed by atoms with E-state index in [1.54, 1.807) is 94.4 Å². The first-order valence-electron chi connectivity index (χ1n) is 13.2. The molecule has 0 saturated carbocycles. The third-order valence-corrected chi connectivity index (χ3v) is 6.15. The number of amides is 3. The number of rotatable bonds is 8. The number of alkyl carbamates (subject to hydrolysis) is 1. The molecule has 1 aromatic heterocycles. The van der Waals surface area contributed by atoms with Crippen molar-refractivity contribution in [3.8, 4) is 11.4 Å². The summed E-state index contributed by atoms with van der Waals surface area (Å²) in [6.07, 6.45) is -0.669. The minimum atomic E-state index is -0.744. The Morgan fingerprint density at radius 1 is 1.05 bits per heavy atom. The number of hydrogen-bond donors (Lipinski definition) is 4. The first-order valence-corrected chi connectivity index (χ1v) is 13.6. The largest absolute Gasteiger partial charge is 0.489 e. The van der Waals surface area contributed by atoms with Gasteiger partial charge in [0.2, 0.25) is 0 Å². The number of benzene rings is 3. The molecule has 4 aromatic rings. The molecule has 42 heavy (non-hydrogen) atoms. The Bertz CT molecular complexity index is 1670. The van der Waals surface area contributed by atoms with Crippen LogP contribution in [0.3, 0.4) is 0 Å². The van der Waals surface area contributed by atoms with Crippen LogP contribution in [-0.2, 0) is 4.74 Å². The second-order valence-corrected chi connectivity index (χ2v) is 10.7. The number of carbonyl (C=O) groups is 2. The maximum Gasteiger partial charge on any atom is 0.408 e. The van der Waals surface area contributed by atoms with Crippen LogP contribution in [0.5, 0.6) is 5.75 Å². The molecule has 4 rings (SSSR count). The molecular formula is C30H32ClN5O6. The Balaban J connectivity index is 1.69. The number of aromatic nitrogens is 2. The second kappa shape index (κ2) is 12.9. The van der Waals surface area contributed by atoms with Crippen molar-refractivity contribution >= 4 is 46.0 Å². The third kappa shape index (κ3) is 7.36. The normalized spacial score (nSPS) is 12.0. The summed E-state index contributed by atoms with van der Waals surface area (Å²) in [5, 5.41) is 17.7. The van der Waals surface area contributed by atoms with Gasteiger partial charge in [0.15, 0.2) is 0 Å². The van der Waals surface area contributed by atoms with Crippen molar-refractivity contribution in [2.45, 2.75) is 39.3 Å². The summed E-state index contributed by atoms with van der Waals surface area (Å²) < 4.78 is 12.2. The molecular weight excluding hydrogens is 562 g/mol. The number of nitrogens with one attached hydrogen (secondary N) is 3. The monoisotopic (exact) mass is 593 g/mol. The van der Waals surface area contributed by atoms with Crippen LogP contribution < -0.4 is 26.2 Å². The highest BCUT2D eigenvalue weighted by molar-refractivity contribution is 6.35. The summed E-state index contributed by atoms with van der Waals surface area (Å²) in [6.45, 7) is 6.83. The van der Waals surface area contributed by atoms with Crippen LogP contribution in [0.4, 0.5) is 21.0 Å². The zero-order valence-electron chi connectivity index (χ0n) is 23.6. The molecule has 0 fully saturated rings. The SMILES string of the molecule is C[C@H](NC(=O)OC(C)(C)C)c1nc2cccc(Cl)c2c(=O)n1-c1cccc(NC(=O)Nc2ccccc2OCCO)c1. The average molecular weight is 594 g/mol. The quantitative estimate of drug-likeness (QED) is 0.207. The van der Waals surface area contributed by atoms with Gasteiger partial charge in [-0.15, -0.1) is 0 Å². The number of para-hydroxylation sites is 2. The number of aliphatic hydroxyl groups is 1. The van der Waals surface area contributed by atoms with E-state index in [2.05, 4.69) is 20.9 Å². The van der Waals surface area contributed by atoms with Gasteiger partial charge < -0.3 is 30.5 Å². The number of fused-ring (bicyclic) bond motifs is 1. The zero-order valence-corrected chi connectivity index (χ0v) is 24.4. The number of carbonyl (C=O) groups excluding carboxylic acids is 2. The number of aliphatic hydroxyl groups excluding tert-OH is 1. The molecule has 0 aliphatic heterocycles. The van der Waals surface area contributed by atoms with Crippen LogP contribution in [0.15, 0.2) is 71.5 Å². The van der Waals surface area contributed by atoms with Crippen LogP contribution in [0, 0.1) is 0 Å². The van der Waals surface area contributed by atoms with Gasteiger partial charge in [0.1, 0.15) is 23.8 Å². The first kappa shape index (κ1) is 30.4. The highest BCUT2D eigenvalue weighted by Crippen LogP contribution is 2.26. The number of anilines is 2. The maximum atomic E-state index is 13.9. The lowest BCUT2D eigenvalue weighted by Gasteiger charge is -2.23.